The number of hydrogen-bond acceptors (Lipinski definition) is 5. The molecule has 16 heavy (non-hydrogen) atoms. The molecule has 3 nitrogen and oxygen atoms in total. The van der Waals surface area contributed by atoms with Crippen molar-refractivity contribution in [1.29, 1.82) is 0 Å². The van der Waals surface area contributed by atoms with Gasteiger partial charge in [-0.3, -0.25) is 0 Å². The van der Waals surface area contributed by atoms with E-state index in [-0.39, 0.29) is 0 Å². The van der Waals surface area contributed by atoms with Gasteiger partial charge in [0.15, 0.2) is 0 Å². The van der Waals surface area contributed by atoms with Gasteiger partial charge in [-0.2, -0.15) is 0 Å². The number of aromatic nitrogens is 2. The van der Waals surface area contributed by atoms with E-state index < -0.39 is 0 Å². The van der Waals surface area contributed by atoms with Gasteiger partial charge < -0.3 is 4.74 Å². The second-order valence-corrected chi connectivity index (χ2v) is 5.42. The first-order chi connectivity index (χ1) is 7.93. The molecule has 84 valence electrons. The normalized spacial score (nSPS) is 17.8. The zero-order chi connectivity index (χ0) is 10.8. The predicted molar refractivity (Wildman–Crippen MR) is 66.0 cm³/mol. The molecule has 0 aromatic carbocycles. The number of nitrogens with zero attached hydrogens (tertiary/aromatic N) is 2. The van der Waals surface area contributed by atoms with Gasteiger partial charge in [0, 0.05) is 35.5 Å². The van der Waals surface area contributed by atoms with E-state index in [4.69, 9.17) is 9.72 Å². The van der Waals surface area contributed by atoms with Crippen LogP contribution in [0.15, 0.2) is 17.0 Å². The van der Waals surface area contributed by atoms with Crippen molar-refractivity contribution >= 4 is 22.9 Å². The first-order valence-electron chi connectivity index (χ1n) is 5.36. The van der Waals surface area contributed by atoms with Crippen molar-refractivity contribution in [3.05, 3.63) is 22.0 Å². The van der Waals surface area contributed by atoms with Crippen molar-refractivity contribution < 1.29 is 4.74 Å². The lowest BCUT2D eigenvalue weighted by atomic mass is 10.0. The highest BCUT2D eigenvalue weighted by molar-refractivity contribution is 7.10. The van der Waals surface area contributed by atoms with Gasteiger partial charge >= 0.3 is 0 Å². The Bertz CT molecular complexity index is 446. The van der Waals surface area contributed by atoms with Gasteiger partial charge in [0.1, 0.15) is 0 Å². The summed E-state index contributed by atoms with van der Waals surface area (Å²) in [5.74, 6) is 0.596. The van der Waals surface area contributed by atoms with Gasteiger partial charge in [-0.15, -0.1) is 11.3 Å². The van der Waals surface area contributed by atoms with Crippen LogP contribution in [-0.2, 0) is 4.74 Å². The third-order valence-electron chi connectivity index (χ3n) is 2.82. The summed E-state index contributed by atoms with van der Waals surface area (Å²) >= 11 is 3.24. The van der Waals surface area contributed by atoms with E-state index in [1.54, 1.807) is 11.3 Å². The van der Waals surface area contributed by atoms with Crippen LogP contribution >= 0.6 is 22.9 Å². The summed E-state index contributed by atoms with van der Waals surface area (Å²) < 4.78 is 9.48. The number of rotatable bonds is 2. The zero-order valence-corrected chi connectivity index (χ0v) is 10.4. The third-order valence-corrected chi connectivity index (χ3v) is 4.41. The molecule has 1 aliphatic heterocycles. The highest BCUT2D eigenvalue weighted by Gasteiger charge is 2.19. The molecular weight excluding hydrogens is 240 g/mol. The van der Waals surface area contributed by atoms with E-state index in [9.17, 15) is 0 Å². The maximum atomic E-state index is 5.37. The van der Waals surface area contributed by atoms with Crippen molar-refractivity contribution in [2.24, 2.45) is 0 Å². The lowest BCUT2D eigenvalue weighted by Gasteiger charge is -2.19. The lowest BCUT2D eigenvalue weighted by Crippen LogP contribution is -2.13. The molecule has 0 bridgehead atoms. The molecule has 2 aromatic heterocycles. The molecule has 0 saturated carbocycles. The van der Waals surface area contributed by atoms with Crippen LogP contribution in [0.1, 0.15) is 23.8 Å². The molecule has 1 fully saturated rings. The fourth-order valence-corrected chi connectivity index (χ4v) is 3.41. The molecule has 1 aliphatic rings. The quantitative estimate of drug-likeness (QED) is 0.823. The topological polar surface area (TPSA) is 35.0 Å². The van der Waals surface area contributed by atoms with Crippen molar-refractivity contribution in [3.63, 3.8) is 0 Å². The molecule has 3 heterocycles. The monoisotopic (exact) mass is 252 g/mol. The summed E-state index contributed by atoms with van der Waals surface area (Å²) in [6.45, 7) is 1.75. The van der Waals surface area contributed by atoms with Crippen LogP contribution in [0, 0.1) is 0 Å². The van der Waals surface area contributed by atoms with Crippen molar-refractivity contribution in [1.82, 2.24) is 9.36 Å². The number of ether oxygens (including phenoxy) is 1. The summed E-state index contributed by atoms with van der Waals surface area (Å²) in [4.78, 5) is 4.71. The standard InChI is InChI=1S/C11H12N2OS2/c1-3-14-4-2-8(1)11-13-10(7-15-11)9-5-12-16-6-9/h5-8H,1-4H2. The van der Waals surface area contributed by atoms with Crippen LogP contribution in [0.5, 0.6) is 0 Å². The average molecular weight is 252 g/mol. The van der Waals surface area contributed by atoms with Gasteiger partial charge in [-0.05, 0) is 24.4 Å². The van der Waals surface area contributed by atoms with E-state index in [2.05, 4.69) is 9.75 Å². The van der Waals surface area contributed by atoms with Gasteiger partial charge in [0.05, 0.1) is 16.9 Å². The van der Waals surface area contributed by atoms with Crippen LogP contribution in [0.4, 0.5) is 0 Å². The second-order valence-electron chi connectivity index (χ2n) is 3.87. The summed E-state index contributed by atoms with van der Waals surface area (Å²) in [6, 6.07) is 0. The van der Waals surface area contributed by atoms with E-state index in [1.165, 1.54) is 16.5 Å². The molecule has 0 unspecified atom stereocenters. The molecule has 0 radical (unpaired) electrons. The number of thiazole rings is 1. The van der Waals surface area contributed by atoms with Crippen LogP contribution in [-0.4, -0.2) is 22.6 Å². The summed E-state index contributed by atoms with van der Waals surface area (Å²) in [7, 11) is 0. The first kappa shape index (κ1) is 10.4. The Morgan fingerprint density at radius 3 is 2.88 bits per heavy atom. The largest absolute Gasteiger partial charge is 0.381 e. The van der Waals surface area contributed by atoms with Crippen molar-refractivity contribution in [2.75, 3.05) is 13.2 Å². The SMILES string of the molecule is c1nscc1-c1csc(C2CCOCC2)n1. The van der Waals surface area contributed by atoms with Crippen LogP contribution in [0.2, 0.25) is 0 Å². The summed E-state index contributed by atoms with van der Waals surface area (Å²) in [5.41, 5.74) is 2.21. The summed E-state index contributed by atoms with van der Waals surface area (Å²) in [5, 5.41) is 5.43. The fourth-order valence-electron chi connectivity index (χ4n) is 1.88. The highest BCUT2D eigenvalue weighted by atomic mass is 32.1. The maximum Gasteiger partial charge on any atom is 0.0965 e. The minimum atomic E-state index is 0.596. The highest BCUT2D eigenvalue weighted by Crippen LogP contribution is 2.32. The molecular formula is C11H12N2OS2. The van der Waals surface area contributed by atoms with E-state index in [0.717, 1.165) is 37.3 Å². The van der Waals surface area contributed by atoms with Crippen molar-refractivity contribution in [3.8, 4) is 11.3 Å². The van der Waals surface area contributed by atoms with Crippen LogP contribution < -0.4 is 0 Å². The molecule has 0 spiro atoms. The third kappa shape index (κ3) is 2.03. The average Bonchev–Trinajstić information content (AvgIpc) is 3.01. The van der Waals surface area contributed by atoms with E-state index >= 15 is 0 Å². The van der Waals surface area contributed by atoms with Crippen LogP contribution in [0.3, 0.4) is 0 Å². The van der Waals surface area contributed by atoms with Gasteiger partial charge in [-0.25, -0.2) is 9.36 Å². The van der Waals surface area contributed by atoms with Crippen molar-refractivity contribution in [2.45, 2.75) is 18.8 Å². The second kappa shape index (κ2) is 4.61. The van der Waals surface area contributed by atoms with Gasteiger partial charge in [0.2, 0.25) is 0 Å². The van der Waals surface area contributed by atoms with E-state index in [0.29, 0.717) is 5.92 Å². The molecule has 0 N–H and O–H groups in total. The Balaban J connectivity index is 1.82. The zero-order valence-electron chi connectivity index (χ0n) is 8.76. The lowest BCUT2D eigenvalue weighted by molar-refractivity contribution is 0.0853. The predicted octanol–water partition coefficient (Wildman–Crippen LogP) is 3.16. The minimum absolute atomic E-state index is 0.596. The molecule has 0 aliphatic carbocycles. The molecule has 3 rings (SSSR count). The van der Waals surface area contributed by atoms with E-state index in [1.807, 2.05) is 11.6 Å². The van der Waals surface area contributed by atoms with Gasteiger partial charge in [0.25, 0.3) is 0 Å². The van der Waals surface area contributed by atoms with Gasteiger partial charge in [-0.1, -0.05) is 0 Å². The molecule has 1 saturated heterocycles. The minimum Gasteiger partial charge on any atom is -0.381 e. The summed E-state index contributed by atoms with van der Waals surface area (Å²) in [6.07, 6.45) is 4.09. The Labute approximate surface area is 102 Å². The Morgan fingerprint density at radius 2 is 2.12 bits per heavy atom. The Kier molecular flexibility index (Phi) is 2.99. The molecule has 5 heteroatoms. The number of hydrogen-bond donors (Lipinski definition) is 0. The molecule has 2 aromatic rings. The Morgan fingerprint density at radius 1 is 1.25 bits per heavy atom. The molecule has 0 amide bonds. The fraction of sp³-hybridized carbons (Fsp3) is 0.455. The Hall–Kier alpha value is -0.780. The molecule has 0 atom stereocenters. The van der Waals surface area contributed by atoms with Crippen LogP contribution in [0.25, 0.3) is 11.3 Å². The maximum absolute atomic E-state index is 5.37. The first-order valence-corrected chi connectivity index (χ1v) is 7.08. The smallest absolute Gasteiger partial charge is 0.0965 e.